The second kappa shape index (κ2) is 9.58. The number of carbonyl (C=O) groups is 3. The average molecular weight is 442 g/mol. The minimum atomic E-state index is -0.926. The molecular weight excluding hydrogens is 408 g/mol. The summed E-state index contributed by atoms with van der Waals surface area (Å²) in [5.74, 6) is -1.25. The highest BCUT2D eigenvalue weighted by molar-refractivity contribution is 5.96. The molecule has 3 fully saturated rings. The highest BCUT2D eigenvalue weighted by Gasteiger charge is 2.45. The Bertz CT molecular complexity index is 846. The van der Waals surface area contributed by atoms with Gasteiger partial charge in [-0.25, -0.2) is 0 Å². The molecule has 1 aliphatic carbocycles. The van der Waals surface area contributed by atoms with E-state index in [1.807, 2.05) is 18.6 Å². The first-order valence-corrected chi connectivity index (χ1v) is 11.5. The molecule has 1 radical (unpaired) electrons. The van der Waals surface area contributed by atoms with Gasteiger partial charge in [-0.2, -0.15) is 0 Å². The van der Waals surface area contributed by atoms with Crippen LogP contribution in [0, 0.1) is 6.42 Å². The van der Waals surface area contributed by atoms with Crippen molar-refractivity contribution < 1.29 is 19.1 Å². The second-order valence-electron chi connectivity index (χ2n) is 9.23. The SMILES string of the molecule is COCC(=O)N1CC[CH]C(NC(=O)c2ccc(C3(CN4CCCC4)CC3)cc2)C1C(N)=O. The van der Waals surface area contributed by atoms with E-state index < -0.39 is 18.0 Å². The van der Waals surface area contributed by atoms with E-state index in [2.05, 4.69) is 22.3 Å². The number of nitrogens with two attached hydrogens (primary N) is 1. The van der Waals surface area contributed by atoms with Crippen LogP contribution in [0.25, 0.3) is 0 Å². The van der Waals surface area contributed by atoms with Crippen molar-refractivity contribution in [3.63, 3.8) is 0 Å². The lowest BCUT2D eigenvalue weighted by molar-refractivity contribution is -0.144. The van der Waals surface area contributed by atoms with Crippen LogP contribution in [0.5, 0.6) is 0 Å². The summed E-state index contributed by atoms with van der Waals surface area (Å²) < 4.78 is 4.91. The Morgan fingerprint density at radius 2 is 1.81 bits per heavy atom. The lowest BCUT2D eigenvalue weighted by Crippen LogP contribution is -2.62. The largest absolute Gasteiger partial charge is 0.375 e. The van der Waals surface area contributed by atoms with Gasteiger partial charge >= 0.3 is 0 Å². The van der Waals surface area contributed by atoms with Crippen molar-refractivity contribution in [3.05, 3.63) is 41.8 Å². The lowest BCUT2D eigenvalue weighted by atomic mass is 9.93. The predicted octanol–water partition coefficient (Wildman–Crippen LogP) is 0.849. The van der Waals surface area contributed by atoms with Gasteiger partial charge in [0.1, 0.15) is 12.6 Å². The number of piperidine rings is 1. The monoisotopic (exact) mass is 441 g/mol. The molecule has 32 heavy (non-hydrogen) atoms. The molecule has 0 bridgehead atoms. The van der Waals surface area contributed by atoms with E-state index in [0.29, 0.717) is 18.5 Å². The van der Waals surface area contributed by atoms with Gasteiger partial charge in [0.25, 0.3) is 5.91 Å². The quantitative estimate of drug-likeness (QED) is 0.622. The molecule has 173 valence electrons. The van der Waals surface area contributed by atoms with Gasteiger partial charge in [0, 0.05) is 31.2 Å². The number of nitrogens with one attached hydrogen (secondary N) is 1. The highest BCUT2D eigenvalue weighted by Crippen LogP contribution is 2.49. The van der Waals surface area contributed by atoms with Crippen molar-refractivity contribution in [3.8, 4) is 0 Å². The van der Waals surface area contributed by atoms with Gasteiger partial charge < -0.3 is 25.6 Å². The van der Waals surface area contributed by atoms with Crippen LogP contribution < -0.4 is 11.1 Å². The zero-order valence-electron chi connectivity index (χ0n) is 18.7. The molecule has 2 heterocycles. The molecule has 4 rings (SSSR count). The summed E-state index contributed by atoms with van der Waals surface area (Å²) in [6.45, 7) is 3.71. The van der Waals surface area contributed by atoms with Crippen molar-refractivity contribution in [2.45, 2.75) is 49.6 Å². The molecule has 2 atom stereocenters. The molecule has 2 unspecified atom stereocenters. The number of ether oxygens (including phenoxy) is 1. The van der Waals surface area contributed by atoms with E-state index >= 15 is 0 Å². The van der Waals surface area contributed by atoms with E-state index in [9.17, 15) is 14.4 Å². The Balaban J connectivity index is 1.41. The maximum atomic E-state index is 12.9. The molecule has 8 nitrogen and oxygen atoms in total. The highest BCUT2D eigenvalue weighted by atomic mass is 16.5. The number of primary amides is 1. The van der Waals surface area contributed by atoms with Gasteiger partial charge in [0.15, 0.2) is 0 Å². The Kier molecular flexibility index (Phi) is 6.81. The van der Waals surface area contributed by atoms with Crippen LogP contribution in [0.1, 0.15) is 48.0 Å². The summed E-state index contributed by atoms with van der Waals surface area (Å²) >= 11 is 0. The third-order valence-corrected chi connectivity index (χ3v) is 6.98. The van der Waals surface area contributed by atoms with Crippen LogP contribution >= 0.6 is 0 Å². The first kappa shape index (κ1) is 22.7. The molecule has 3 aliphatic rings. The number of amides is 3. The van der Waals surface area contributed by atoms with E-state index in [-0.39, 0.29) is 23.8 Å². The third-order valence-electron chi connectivity index (χ3n) is 6.98. The Morgan fingerprint density at radius 3 is 2.41 bits per heavy atom. The molecule has 0 spiro atoms. The number of benzene rings is 1. The molecule has 1 aromatic carbocycles. The van der Waals surface area contributed by atoms with E-state index in [1.54, 1.807) is 0 Å². The van der Waals surface area contributed by atoms with Gasteiger partial charge in [-0.3, -0.25) is 14.4 Å². The summed E-state index contributed by atoms with van der Waals surface area (Å²) in [4.78, 5) is 41.3. The van der Waals surface area contributed by atoms with Gasteiger partial charge in [-0.05, 0) is 69.3 Å². The van der Waals surface area contributed by atoms with Gasteiger partial charge in [-0.15, -0.1) is 0 Å². The van der Waals surface area contributed by atoms with Crippen LogP contribution in [0.2, 0.25) is 0 Å². The second-order valence-corrected chi connectivity index (χ2v) is 9.23. The standard InChI is InChI=1S/C24H33N4O4/c1-32-15-20(29)28-14-4-5-19(21(28)22(25)30)26-23(31)17-6-8-18(9-7-17)24(10-11-24)16-27-12-2-3-13-27/h5-9,19,21H,2-4,10-16H2,1H3,(H2,25,30)(H,26,31). The maximum Gasteiger partial charge on any atom is 0.251 e. The smallest absolute Gasteiger partial charge is 0.251 e. The minimum Gasteiger partial charge on any atom is -0.375 e. The van der Waals surface area contributed by atoms with Crippen LogP contribution in [0.15, 0.2) is 24.3 Å². The van der Waals surface area contributed by atoms with Crippen LogP contribution in [-0.2, 0) is 19.7 Å². The fourth-order valence-corrected chi connectivity index (χ4v) is 5.08. The number of hydrogen-bond acceptors (Lipinski definition) is 5. The van der Waals surface area contributed by atoms with Crippen molar-refractivity contribution in [1.29, 1.82) is 0 Å². The first-order chi connectivity index (χ1) is 15.4. The van der Waals surface area contributed by atoms with E-state index in [0.717, 1.165) is 6.54 Å². The fourth-order valence-electron chi connectivity index (χ4n) is 5.08. The summed E-state index contributed by atoms with van der Waals surface area (Å²) in [5.41, 5.74) is 7.64. The van der Waals surface area contributed by atoms with Gasteiger partial charge in [0.05, 0.1) is 6.04 Å². The molecule has 1 aromatic rings. The average Bonchev–Trinajstić information content (AvgIpc) is 3.38. The molecule has 0 aromatic heterocycles. The van der Waals surface area contributed by atoms with Gasteiger partial charge in [-0.1, -0.05) is 12.1 Å². The molecule has 2 saturated heterocycles. The summed E-state index contributed by atoms with van der Waals surface area (Å²) in [6.07, 6.45) is 7.35. The molecule has 3 N–H and O–H groups in total. The number of hydrogen-bond donors (Lipinski definition) is 2. The van der Waals surface area contributed by atoms with Crippen LogP contribution in [-0.4, -0.2) is 79.5 Å². The number of likely N-dealkylation sites (tertiary alicyclic amines) is 2. The normalized spacial score (nSPS) is 24.8. The van der Waals surface area contributed by atoms with Crippen molar-refractivity contribution in [1.82, 2.24) is 15.1 Å². The summed E-state index contributed by atoms with van der Waals surface area (Å²) in [7, 11) is 1.42. The molecule has 1 saturated carbocycles. The lowest BCUT2D eigenvalue weighted by Gasteiger charge is -2.39. The molecule has 8 heteroatoms. The Morgan fingerprint density at radius 1 is 1.12 bits per heavy atom. The zero-order valence-corrected chi connectivity index (χ0v) is 18.7. The first-order valence-electron chi connectivity index (χ1n) is 11.5. The third kappa shape index (κ3) is 4.81. The minimum absolute atomic E-state index is 0.134. The molecular formula is C24H33N4O4. The van der Waals surface area contributed by atoms with E-state index in [4.69, 9.17) is 10.5 Å². The summed E-state index contributed by atoms with van der Waals surface area (Å²) in [5, 5.41) is 2.89. The zero-order chi connectivity index (χ0) is 22.7. The van der Waals surface area contributed by atoms with Crippen LogP contribution in [0.4, 0.5) is 0 Å². The topological polar surface area (TPSA) is 105 Å². The number of nitrogens with zero attached hydrogens (tertiary/aromatic N) is 2. The Hall–Kier alpha value is -2.45. The van der Waals surface area contributed by atoms with Crippen molar-refractivity contribution in [2.75, 3.05) is 39.9 Å². The van der Waals surface area contributed by atoms with Crippen molar-refractivity contribution in [2.24, 2.45) is 5.73 Å². The van der Waals surface area contributed by atoms with Crippen molar-refractivity contribution >= 4 is 17.7 Å². The fraction of sp³-hybridized carbons (Fsp3) is 0.583. The maximum absolute atomic E-state index is 12.9. The summed E-state index contributed by atoms with van der Waals surface area (Å²) in [6, 6.07) is 6.25. The predicted molar refractivity (Wildman–Crippen MR) is 120 cm³/mol. The van der Waals surface area contributed by atoms with Crippen LogP contribution in [0.3, 0.4) is 0 Å². The van der Waals surface area contributed by atoms with E-state index in [1.165, 1.54) is 56.3 Å². The molecule has 2 aliphatic heterocycles. The number of rotatable bonds is 8. The Labute approximate surface area is 189 Å². The molecule has 3 amide bonds. The number of carbonyl (C=O) groups excluding carboxylic acids is 3. The van der Waals surface area contributed by atoms with Gasteiger partial charge in [0.2, 0.25) is 11.8 Å². The number of methoxy groups -OCH3 is 1.